The van der Waals surface area contributed by atoms with Crippen LogP contribution < -0.4 is 0 Å². The van der Waals surface area contributed by atoms with Gasteiger partial charge in [-0.2, -0.15) is 5.26 Å². The van der Waals surface area contributed by atoms with E-state index in [2.05, 4.69) is 36.4 Å². The molecule has 0 radical (unpaired) electrons. The molecule has 0 aliphatic rings. The summed E-state index contributed by atoms with van der Waals surface area (Å²) in [5.74, 6) is 0.505. The number of nitriles is 1. The number of thioether (sulfide) groups is 1. The van der Waals surface area contributed by atoms with E-state index in [1.54, 1.807) is 11.8 Å². The van der Waals surface area contributed by atoms with Crippen molar-refractivity contribution in [3.8, 4) is 6.07 Å². The van der Waals surface area contributed by atoms with Gasteiger partial charge in [0, 0.05) is 34.1 Å². The predicted octanol–water partition coefficient (Wildman–Crippen LogP) is 5.68. The smallest absolute Gasteiger partial charge is 0.175 e. The molecule has 3 nitrogen and oxygen atoms in total. The van der Waals surface area contributed by atoms with Crippen LogP contribution in [0.15, 0.2) is 77.8 Å². The van der Waals surface area contributed by atoms with Gasteiger partial charge in [-0.15, -0.1) is 11.8 Å². The first-order chi connectivity index (χ1) is 13.3. The van der Waals surface area contributed by atoms with Crippen molar-refractivity contribution in [1.82, 2.24) is 4.57 Å². The SMILES string of the molecule is N#CCCn1cc(C(=O)CSc2ccc3ccccc3c2)c2ccccc21. The van der Waals surface area contributed by atoms with Gasteiger partial charge in [-0.25, -0.2) is 0 Å². The Morgan fingerprint density at radius 2 is 1.78 bits per heavy atom. The lowest BCUT2D eigenvalue weighted by molar-refractivity contribution is 0.102. The number of rotatable bonds is 6. The Hall–Kier alpha value is -3.03. The number of hydrogen-bond acceptors (Lipinski definition) is 3. The number of hydrogen-bond donors (Lipinski definition) is 0. The number of nitrogens with zero attached hydrogens (tertiary/aromatic N) is 2. The Bertz CT molecular complexity index is 1170. The fourth-order valence-corrected chi connectivity index (χ4v) is 4.14. The van der Waals surface area contributed by atoms with Crippen molar-refractivity contribution in [2.75, 3.05) is 5.75 Å². The largest absolute Gasteiger partial charge is 0.346 e. The molecular weight excluding hydrogens is 352 g/mol. The molecule has 27 heavy (non-hydrogen) atoms. The lowest BCUT2D eigenvalue weighted by atomic mass is 10.1. The molecule has 0 aliphatic heterocycles. The number of aryl methyl sites for hydroxylation is 1. The molecule has 1 heterocycles. The lowest BCUT2D eigenvalue weighted by Gasteiger charge is -2.03. The molecule has 0 saturated heterocycles. The van der Waals surface area contributed by atoms with Gasteiger partial charge in [0.1, 0.15) is 0 Å². The monoisotopic (exact) mass is 370 g/mol. The summed E-state index contributed by atoms with van der Waals surface area (Å²) in [6.45, 7) is 0.599. The number of ketones is 1. The summed E-state index contributed by atoms with van der Waals surface area (Å²) in [6.07, 6.45) is 2.32. The van der Waals surface area contributed by atoms with Gasteiger partial charge in [0.2, 0.25) is 0 Å². The van der Waals surface area contributed by atoms with Crippen LogP contribution in [0.3, 0.4) is 0 Å². The van der Waals surface area contributed by atoms with Crippen LogP contribution in [0.5, 0.6) is 0 Å². The fraction of sp³-hybridized carbons (Fsp3) is 0.130. The second-order valence-corrected chi connectivity index (χ2v) is 7.43. The fourth-order valence-electron chi connectivity index (χ4n) is 3.31. The summed E-state index contributed by atoms with van der Waals surface area (Å²) >= 11 is 1.56. The summed E-state index contributed by atoms with van der Waals surface area (Å²) < 4.78 is 2.01. The maximum absolute atomic E-state index is 12.9. The third-order valence-electron chi connectivity index (χ3n) is 4.64. The molecule has 4 aromatic rings. The maximum atomic E-state index is 12.9. The van der Waals surface area contributed by atoms with Crippen LogP contribution in [0.2, 0.25) is 0 Å². The molecule has 1 aromatic heterocycles. The van der Waals surface area contributed by atoms with Gasteiger partial charge >= 0.3 is 0 Å². The number of carbonyl (C=O) groups is 1. The standard InChI is InChI=1S/C23H18N2OS/c24-12-5-13-25-15-21(20-8-3-4-9-22(20)25)23(26)16-27-19-11-10-17-6-1-2-7-18(17)14-19/h1-4,6-11,14-15H,5,13,16H2. The maximum Gasteiger partial charge on any atom is 0.175 e. The average molecular weight is 370 g/mol. The van der Waals surface area contributed by atoms with Crippen molar-refractivity contribution in [3.63, 3.8) is 0 Å². The van der Waals surface area contributed by atoms with Crippen molar-refractivity contribution >= 4 is 39.2 Å². The summed E-state index contributed by atoms with van der Waals surface area (Å²) in [6, 6.07) is 24.6. The molecule has 0 saturated carbocycles. The first-order valence-electron chi connectivity index (χ1n) is 8.86. The van der Waals surface area contributed by atoms with E-state index < -0.39 is 0 Å². The van der Waals surface area contributed by atoms with Crippen molar-refractivity contribution < 1.29 is 4.79 Å². The molecule has 0 spiro atoms. The van der Waals surface area contributed by atoms with Gasteiger partial charge in [0.15, 0.2) is 5.78 Å². The zero-order valence-electron chi connectivity index (χ0n) is 14.8. The van der Waals surface area contributed by atoms with Gasteiger partial charge in [-0.1, -0.05) is 48.5 Å². The highest BCUT2D eigenvalue weighted by Gasteiger charge is 2.15. The van der Waals surface area contributed by atoms with E-state index in [0.717, 1.165) is 21.4 Å². The molecule has 0 amide bonds. The Morgan fingerprint density at radius 1 is 1.00 bits per heavy atom. The van der Waals surface area contributed by atoms with Gasteiger partial charge in [0.05, 0.1) is 18.2 Å². The van der Waals surface area contributed by atoms with Crippen molar-refractivity contribution in [2.45, 2.75) is 17.9 Å². The molecular formula is C23H18N2OS. The first-order valence-corrected chi connectivity index (χ1v) is 9.84. The zero-order chi connectivity index (χ0) is 18.6. The van der Waals surface area contributed by atoms with Crippen molar-refractivity contribution in [2.24, 2.45) is 0 Å². The molecule has 0 N–H and O–H groups in total. The molecule has 4 rings (SSSR count). The van der Waals surface area contributed by atoms with E-state index in [9.17, 15) is 4.79 Å². The number of para-hydroxylation sites is 1. The average Bonchev–Trinajstić information content (AvgIpc) is 3.09. The minimum absolute atomic E-state index is 0.111. The molecule has 3 aromatic carbocycles. The normalized spacial score (nSPS) is 10.9. The molecule has 4 heteroatoms. The molecule has 0 fully saturated rings. The van der Waals surface area contributed by atoms with Gasteiger partial charge in [-0.3, -0.25) is 4.79 Å². The third-order valence-corrected chi connectivity index (χ3v) is 5.64. The Kier molecular flexibility index (Phi) is 4.95. The third kappa shape index (κ3) is 3.60. The van der Waals surface area contributed by atoms with Crippen molar-refractivity contribution in [1.29, 1.82) is 5.26 Å². The summed E-state index contributed by atoms with van der Waals surface area (Å²) in [4.78, 5) is 14.0. The molecule has 0 bridgehead atoms. The van der Waals surface area contributed by atoms with Crippen LogP contribution in [0.25, 0.3) is 21.7 Å². The second-order valence-electron chi connectivity index (χ2n) is 6.38. The van der Waals surface area contributed by atoms with Crippen LogP contribution in [0, 0.1) is 11.3 Å². The highest BCUT2D eigenvalue weighted by atomic mass is 32.2. The van der Waals surface area contributed by atoms with Gasteiger partial charge in [0.25, 0.3) is 0 Å². The minimum atomic E-state index is 0.111. The highest BCUT2D eigenvalue weighted by molar-refractivity contribution is 8.00. The van der Waals surface area contributed by atoms with E-state index in [-0.39, 0.29) is 5.78 Å². The van der Waals surface area contributed by atoms with Crippen LogP contribution >= 0.6 is 11.8 Å². The number of Topliss-reactive ketones (excluding diaryl/α,β-unsaturated/α-hetero) is 1. The molecule has 0 atom stereocenters. The van der Waals surface area contributed by atoms with Crippen LogP contribution in [-0.2, 0) is 6.54 Å². The lowest BCUT2D eigenvalue weighted by Crippen LogP contribution is -2.02. The van der Waals surface area contributed by atoms with Crippen LogP contribution in [0.1, 0.15) is 16.8 Å². The Balaban J connectivity index is 1.56. The van der Waals surface area contributed by atoms with E-state index >= 15 is 0 Å². The highest BCUT2D eigenvalue weighted by Crippen LogP contribution is 2.27. The topological polar surface area (TPSA) is 45.8 Å². The van der Waals surface area contributed by atoms with E-state index in [0.29, 0.717) is 18.7 Å². The van der Waals surface area contributed by atoms with E-state index in [4.69, 9.17) is 5.26 Å². The Morgan fingerprint density at radius 3 is 2.63 bits per heavy atom. The molecule has 0 unspecified atom stereocenters. The second kappa shape index (κ2) is 7.69. The van der Waals surface area contributed by atoms with E-state index in [1.807, 2.05) is 47.2 Å². The minimum Gasteiger partial charge on any atom is -0.346 e. The van der Waals surface area contributed by atoms with Crippen molar-refractivity contribution in [3.05, 3.63) is 78.5 Å². The summed E-state index contributed by atoms with van der Waals surface area (Å²) in [5, 5.41) is 12.2. The number of aromatic nitrogens is 1. The van der Waals surface area contributed by atoms with Gasteiger partial charge < -0.3 is 4.57 Å². The summed E-state index contributed by atoms with van der Waals surface area (Å²) in [7, 11) is 0. The number of benzene rings is 3. The zero-order valence-corrected chi connectivity index (χ0v) is 15.6. The Labute approximate surface area is 162 Å². The van der Waals surface area contributed by atoms with Gasteiger partial charge in [-0.05, 0) is 29.0 Å². The molecule has 0 aliphatic carbocycles. The number of carbonyl (C=O) groups excluding carboxylic acids is 1. The van der Waals surface area contributed by atoms with E-state index in [1.165, 1.54) is 10.8 Å². The summed E-state index contributed by atoms with van der Waals surface area (Å²) in [5.41, 5.74) is 1.74. The first kappa shape index (κ1) is 17.4. The quantitative estimate of drug-likeness (QED) is 0.324. The van der Waals surface area contributed by atoms with Crippen LogP contribution in [-0.4, -0.2) is 16.1 Å². The molecule has 132 valence electrons. The van der Waals surface area contributed by atoms with Crippen LogP contribution in [0.4, 0.5) is 0 Å². The predicted molar refractivity (Wildman–Crippen MR) is 111 cm³/mol. The number of fused-ring (bicyclic) bond motifs is 2.